The van der Waals surface area contributed by atoms with E-state index in [0.717, 1.165) is 10.8 Å². The average Bonchev–Trinajstić information content (AvgIpc) is 2.78. The highest BCUT2D eigenvalue weighted by atomic mass is 16.6. The first kappa shape index (κ1) is 22.7. The van der Waals surface area contributed by atoms with Gasteiger partial charge in [-0.2, -0.15) is 0 Å². The molecule has 5 rings (SSSR count). The van der Waals surface area contributed by atoms with E-state index in [-0.39, 0.29) is 22.1 Å². The number of rotatable bonds is 3. The molecule has 0 bridgehead atoms. The summed E-state index contributed by atoms with van der Waals surface area (Å²) in [6.07, 6.45) is -2.07. The molecule has 8 nitrogen and oxygen atoms in total. The zero-order chi connectivity index (χ0) is 25.1. The predicted octanol–water partition coefficient (Wildman–Crippen LogP) is 4.81. The molecule has 0 radical (unpaired) electrons. The van der Waals surface area contributed by atoms with Crippen LogP contribution in [0.1, 0.15) is 39.4 Å². The first-order valence-electron chi connectivity index (χ1n) is 11.1. The summed E-state index contributed by atoms with van der Waals surface area (Å²) >= 11 is 0. The fourth-order valence-electron chi connectivity index (χ4n) is 4.73. The number of carbonyl (C=O) groups excluding carboxylic acids is 2. The van der Waals surface area contributed by atoms with Gasteiger partial charge in [0.25, 0.3) is 0 Å². The van der Waals surface area contributed by atoms with Gasteiger partial charge in [0.15, 0.2) is 17.8 Å². The van der Waals surface area contributed by atoms with Gasteiger partial charge in [-0.3, -0.25) is 14.4 Å². The molecule has 1 aliphatic rings. The Balaban J connectivity index is 1.91. The Kier molecular flexibility index (Phi) is 5.20. The molecule has 8 heteroatoms. The molecule has 0 saturated heterocycles. The van der Waals surface area contributed by atoms with Crippen molar-refractivity contribution in [2.45, 2.75) is 45.5 Å². The number of methoxy groups -OCH3 is 1. The second kappa shape index (κ2) is 8.01. The van der Waals surface area contributed by atoms with Gasteiger partial charge in [0, 0.05) is 19.9 Å². The maximum Gasteiger partial charge on any atom is 0.303 e. The van der Waals surface area contributed by atoms with Crippen molar-refractivity contribution in [1.82, 2.24) is 0 Å². The molecule has 0 N–H and O–H groups in total. The van der Waals surface area contributed by atoms with E-state index in [1.165, 1.54) is 21.0 Å². The molecule has 0 aliphatic carbocycles. The normalized spacial score (nSPS) is 18.7. The van der Waals surface area contributed by atoms with Gasteiger partial charge in [0.2, 0.25) is 5.43 Å². The Morgan fingerprint density at radius 3 is 2.26 bits per heavy atom. The van der Waals surface area contributed by atoms with Crippen LogP contribution in [-0.4, -0.2) is 30.8 Å². The van der Waals surface area contributed by atoms with Crippen LogP contribution in [0.3, 0.4) is 0 Å². The molecule has 180 valence electrons. The number of benzene rings is 3. The van der Waals surface area contributed by atoms with E-state index in [9.17, 15) is 14.4 Å². The van der Waals surface area contributed by atoms with Gasteiger partial charge < -0.3 is 23.4 Å². The third-order valence-corrected chi connectivity index (χ3v) is 6.20. The second-order valence-corrected chi connectivity index (χ2v) is 9.09. The van der Waals surface area contributed by atoms with Crippen molar-refractivity contribution in [3.05, 3.63) is 58.3 Å². The lowest BCUT2D eigenvalue weighted by molar-refractivity contribution is -0.187. The lowest BCUT2D eigenvalue weighted by atomic mass is 9.86. The monoisotopic (exact) mass is 476 g/mol. The smallest absolute Gasteiger partial charge is 0.303 e. The summed E-state index contributed by atoms with van der Waals surface area (Å²) in [5.41, 5.74) is -0.570. The first-order chi connectivity index (χ1) is 16.6. The third-order valence-electron chi connectivity index (χ3n) is 6.20. The van der Waals surface area contributed by atoms with Crippen LogP contribution in [0, 0.1) is 0 Å². The van der Waals surface area contributed by atoms with Gasteiger partial charge in [-0.25, -0.2) is 0 Å². The van der Waals surface area contributed by atoms with Gasteiger partial charge in [0.05, 0.1) is 18.1 Å². The SMILES string of the molecule is COc1cc2c(c3oc4cc5ccccc5cc4c(=O)c13)[C@H](OC(C)=O)[C@H](OC(C)=O)C(C)(C)O2. The summed E-state index contributed by atoms with van der Waals surface area (Å²) in [7, 11) is 1.45. The van der Waals surface area contributed by atoms with Crippen LogP contribution in [0.5, 0.6) is 11.5 Å². The molecular weight excluding hydrogens is 452 g/mol. The minimum Gasteiger partial charge on any atom is -0.496 e. The summed E-state index contributed by atoms with van der Waals surface area (Å²) < 4.78 is 29.3. The largest absolute Gasteiger partial charge is 0.496 e. The molecule has 0 saturated carbocycles. The Morgan fingerprint density at radius 1 is 0.971 bits per heavy atom. The molecule has 3 aromatic carbocycles. The van der Waals surface area contributed by atoms with Gasteiger partial charge in [-0.15, -0.1) is 0 Å². The van der Waals surface area contributed by atoms with Crippen LogP contribution >= 0.6 is 0 Å². The van der Waals surface area contributed by atoms with Crippen LogP contribution in [-0.2, 0) is 19.1 Å². The van der Waals surface area contributed by atoms with Gasteiger partial charge in [-0.05, 0) is 36.8 Å². The summed E-state index contributed by atoms with van der Waals surface area (Å²) in [6.45, 7) is 5.97. The molecule has 0 amide bonds. The van der Waals surface area contributed by atoms with Crippen LogP contribution in [0.4, 0.5) is 0 Å². The fraction of sp³-hybridized carbons (Fsp3) is 0.296. The Hall–Kier alpha value is -4.07. The molecule has 0 fully saturated rings. The van der Waals surface area contributed by atoms with Crippen LogP contribution < -0.4 is 14.9 Å². The Morgan fingerprint density at radius 2 is 1.63 bits per heavy atom. The molecule has 0 unspecified atom stereocenters. The topological polar surface area (TPSA) is 101 Å². The van der Waals surface area contributed by atoms with Crippen molar-refractivity contribution in [3.8, 4) is 11.5 Å². The fourth-order valence-corrected chi connectivity index (χ4v) is 4.73. The number of hydrogen-bond acceptors (Lipinski definition) is 8. The summed E-state index contributed by atoms with van der Waals surface area (Å²) in [6, 6.07) is 12.8. The zero-order valence-electron chi connectivity index (χ0n) is 20.0. The van der Waals surface area contributed by atoms with Crippen LogP contribution in [0.25, 0.3) is 32.7 Å². The minimum absolute atomic E-state index is 0.144. The molecule has 2 heterocycles. The number of hydrogen-bond donors (Lipinski definition) is 0. The maximum absolute atomic E-state index is 13.7. The maximum atomic E-state index is 13.7. The quantitative estimate of drug-likeness (QED) is 0.307. The molecule has 1 aromatic heterocycles. The van der Waals surface area contributed by atoms with E-state index in [0.29, 0.717) is 22.3 Å². The van der Waals surface area contributed by atoms with E-state index in [1.807, 2.05) is 24.3 Å². The molecule has 0 spiro atoms. The van der Waals surface area contributed by atoms with Crippen LogP contribution in [0.15, 0.2) is 51.7 Å². The van der Waals surface area contributed by atoms with Gasteiger partial charge >= 0.3 is 11.9 Å². The van der Waals surface area contributed by atoms with Gasteiger partial charge in [-0.1, -0.05) is 24.3 Å². The van der Waals surface area contributed by atoms with Crippen molar-refractivity contribution in [3.63, 3.8) is 0 Å². The first-order valence-corrected chi connectivity index (χ1v) is 11.1. The van der Waals surface area contributed by atoms with Crippen molar-refractivity contribution in [2.24, 2.45) is 0 Å². The lowest BCUT2D eigenvalue weighted by Crippen LogP contribution is -2.52. The Bertz CT molecular complexity index is 1580. The second-order valence-electron chi connectivity index (χ2n) is 9.09. The van der Waals surface area contributed by atoms with E-state index < -0.39 is 29.7 Å². The minimum atomic E-state index is -1.08. The molecular formula is C27H24O8. The number of ether oxygens (including phenoxy) is 4. The molecule has 35 heavy (non-hydrogen) atoms. The van der Waals surface area contributed by atoms with Crippen LogP contribution in [0.2, 0.25) is 0 Å². The number of carbonyl (C=O) groups is 2. The highest BCUT2D eigenvalue weighted by Gasteiger charge is 2.50. The third kappa shape index (κ3) is 3.65. The van der Waals surface area contributed by atoms with Crippen molar-refractivity contribution >= 4 is 44.6 Å². The van der Waals surface area contributed by atoms with Crippen molar-refractivity contribution in [1.29, 1.82) is 0 Å². The van der Waals surface area contributed by atoms with E-state index in [2.05, 4.69) is 0 Å². The Labute approximate surface area is 200 Å². The molecule has 2 atom stereocenters. The highest BCUT2D eigenvalue weighted by molar-refractivity contribution is 6.02. The average molecular weight is 476 g/mol. The van der Waals surface area contributed by atoms with Crippen molar-refractivity contribution < 1.29 is 33.0 Å². The lowest BCUT2D eigenvalue weighted by Gasteiger charge is -2.43. The summed E-state index contributed by atoms with van der Waals surface area (Å²) in [4.78, 5) is 37.8. The van der Waals surface area contributed by atoms with E-state index in [4.69, 9.17) is 23.4 Å². The number of esters is 2. The standard InChI is InChI=1S/C27H24O8/c1-13(28)32-25-22-20(35-27(3,4)26(25)33-14(2)29)12-19(31-5)21-23(30)17-10-15-8-6-7-9-16(15)11-18(17)34-24(21)22/h6-12,25-26H,1-5H3/t25-,26-/m0/s1. The highest BCUT2D eigenvalue weighted by Crippen LogP contribution is 2.49. The molecule has 1 aliphatic heterocycles. The number of fused-ring (bicyclic) bond motifs is 5. The summed E-state index contributed by atoms with van der Waals surface area (Å²) in [5, 5.41) is 2.34. The van der Waals surface area contributed by atoms with Crippen molar-refractivity contribution in [2.75, 3.05) is 7.11 Å². The zero-order valence-corrected chi connectivity index (χ0v) is 20.0. The molecule has 4 aromatic rings. The van der Waals surface area contributed by atoms with E-state index in [1.54, 1.807) is 32.0 Å². The summed E-state index contributed by atoms with van der Waals surface area (Å²) in [5.74, 6) is -0.597. The predicted molar refractivity (Wildman–Crippen MR) is 129 cm³/mol. The van der Waals surface area contributed by atoms with E-state index >= 15 is 0 Å². The van der Waals surface area contributed by atoms with Gasteiger partial charge in [0.1, 0.15) is 28.1 Å².